The smallest absolute Gasteiger partial charge is 0.217 e. The van der Waals surface area contributed by atoms with Gasteiger partial charge in [0.15, 0.2) is 11.8 Å². The monoisotopic (exact) mass is 401 g/mol. The molecule has 5 aromatic rings. The van der Waals surface area contributed by atoms with Crippen LogP contribution >= 0.6 is 0 Å². The summed E-state index contributed by atoms with van der Waals surface area (Å²) < 4.78 is 36.6. The average Bonchev–Trinajstić information content (AvgIpc) is 3.08. The first-order valence-corrected chi connectivity index (χ1v) is 9.66. The Hall–Kier alpha value is -3.60. The number of fused-ring (bicyclic) bond motifs is 3. The predicted octanol–water partition coefficient (Wildman–Crippen LogP) is 6.03. The van der Waals surface area contributed by atoms with E-state index in [0.29, 0.717) is 21.9 Å². The minimum absolute atomic E-state index is 0.328. The average molecular weight is 401 g/mol. The Balaban J connectivity index is 1.82. The zero-order valence-corrected chi connectivity index (χ0v) is 16.8. The number of furan rings is 1. The zero-order chi connectivity index (χ0) is 21.0. The van der Waals surface area contributed by atoms with Gasteiger partial charge in [0.1, 0.15) is 24.3 Å². The summed E-state index contributed by atoms with van der Waals surface area (Å²) >= 11 is 0. The van der Waals surface area contributed by atoms with E-state index >= 15 is 0 Å². The maximum Gasteiger partial charge on any atom is 0.217 e. The van der Waals surface area contributed by atoms with Crippen molar-refractivity contribution >= 4 is 21.9 Å². The number of nitrogens with zero attached hydrogens (tertiary/aromatic N) is 2. The van der Waals surface area contributed by atoms with Crippen LogP contribution < -0.4 is 4.57 Å². The first-order valence-electron chi connectivity index (χ1n) is 9.66. The fraction of sp³-hybridized carbons (Fsp3) is 0.120. The van der Waals surface area contributed by atoms with Crippen molar-refractivity contribution in [3.05, 3.63) is 83.7 Å². The molecule has 0 bridgehead atoms. The third-order valence-corrected chi connectivity index (χ3v) is 5.47. The third-order valence-electron chi connectivity index (χ3n) is 5.47. The number of aromatic nitrogens is 2. The van der Waals surface area contributed by atoms with Gasteiger partial charge < -0.3 is 4.42 Å². The van der Waals surface area contributed by atoms with Crippen molar-refractivity contribution in [3.63, 3.8) is 0 Å². The molecule has 0 saturated heterocycles. The summed E-state index contributed by atoms with van der Waals surface area (Å²) in [6.45, 7) is 3.85. The van der Waals surface area contributed by atoms with E-state index in [2.05, 4.69) is 4.98 Å². The molecule has 0 atom stereocenters. The van der Waals surface area contributed by atoms with Gasteiger partial charge in [-0.3, -0.25) is 4.98 Å². The molecule has 2 aromatic carbocycles. The second-order valence-corrected chi connectivity index (χ2v) is 7.63. The summed E-state index contributed by atoms with van der Waals surface area (Å²) in [5.74, 6) is -0.797. The lowest BCUT2D eigenvalue weighted by atomic mass is 9.98. The van der Waals surface area contributed by atoms with E-state index in [9.17, 15) is 8.78 Å². The van der Waals surface area contributed by atoms with Gasteiger partial charge in [0.2, 0.25) is 5.69 Å². The van der Waals surface area contributed by atoms with Gasteiger partial charge in [-0.25, -0.2) is 13.3 Å². The van der Waals surface area contributed by atoms with Crippen LogP contribution in [0, 0.1) is 25.5 Å². The molecule has 3 heterocycles. The fourth-order valence-electron chi connectivity index (χ4n) is 3.93. The molecule has 5 rings (SSSR count). The van der Waals surface area contributed by atoms with E-state index in [-0.39, 0.29) is 5.82 Å². The molecule has 148 valence electrons. The molecule has 5 heteroatoms. The van der Waals surface area contributed by atoms with Gasteiger partial charge in [-0.05, 0) is 49.2 Å². The quantitative estimate of drug-likeness (QED) is 0.338. The Bertz CT molecular complexity index is 1440. The highest BCUT2D eigenvalue weighted by Gasteiger charge is 2.24. The molecule has 0 N–H and O–H groups in total. The lowest BCUT2D eigenvalue weighted by Gasteiger charge is -2.08. The highest BCUT2D eigenvalue weighted by Crippen LogP contribution is 2.39. The molecule has 0 fully saturated rings. The van der Waals surface area contributed by atoms with Crippen LogP contribution in [0.25, 0.3) is 44.5 Å². The SMILES string of the molecule is Cc1ccc(-c2cc[n+](C)c(-c3c(C)cc(F)c4c3oc3cc(F)ccc34)c2)nc1. The second kappa shape index (κ2) is 6.73. The molecular weight excluding hydrogens is 382 g/mol. The Labute approximate surface area is 172 Å². The van der Waals surface area contributed by atoms with Gasteiger partial charge in [-0.2, -0.15) is 0 Å². The van der Waals surface area contributed by atoms with Crippen molar-refractivity contribution in [2.75, 3.05) is 0 Å². The van der Waals surface area contributed by atoms with Crippen LogP contribution in [0.4, 0.5) is 8.78 Å². The molecule has 30 heavy (non-hydrogen) atoms. The van der Waals surface area contributed by atoms with Crippen LogP contribution in [0.2, 0.25) is 0 Å². The van der Waals surface area contributed by atoms with Gasteiger partial charge in [0.25, 0.3) is 0 Å². The lowest BCUT2D eigenvalue weighted by molar-refractivity contribution is -0.660. The van der Waals surface area contributed by atoms with Gasteiger partial charge in [-0.1, -0.05) is 6.07 Å². The van der Waals surface area contributed by atoms with Gasteiger partial charge in [0.05, 0.1) is 16.6 Å². The standard InChI is InChI=1S/C25H19F2N2O/c1-14-4-7-20(28-13-14)16-8-9-29(3)21(11-16)23-15(2)10-19(27)24-18-6-5-17(26)12-22(18)30-25(23)24/h4-13H,1-3H3/q+1. The minimum atomic E-state index is -0.418. The summed E-state index contributed by atoms with van der Waals surface area (Å²) in [5.41, 5.74) is 6.01. The number of hydrogen-bond acceptors (Lipinski definition) is 2. The maximum atomic E-state index is 14.9. The Morgan fingerprint density at radius 2 is 1.80 bits per heavy atom. The van der Waals surface area contributed by atoms with E-state index in [1.807, 2.05) is 62.1 Å². The maximum absolute atomic E-state index is 14.9. The summed E-state index contributed by atoms with van der Waals surface area (Å²) in [6.07, 6.45) is 3.78. The Kier molecular flexibility index (Phi) is 4.13. The van der Waals surface area contributed by atoms with E-state index in [4.69, 9.17) is 4.42 Å². The topological polar surface area (TPSA) is 29.9 Å². The van der Waals surface area contributed by atoms with Crippen LogP contribution in [-0.4, -0.2) is 4.98 Å². The fourth-order valence-corrected chi connectivity index (χ4v) is 3.93. The van der Waals surface area contributed by atoms with Crippen LogP contribution in [0.5, 0.6) is 0 Å². The van der Waals surface area contributed by atoms with Crippen molar-refractivity contribution in [1.29, 1.82) is 0 Å². The summed E-state index contributed by atoms with van der Waals surface area (Å²) in [7, 11) is 1.93. The summed E-state index contributed by atoms with van der Waals surface area (Å²) in [5, 5.41) is 0.925. The first-order chi connectivity index (χ1) is 14.4. The largest absolute Gasteiger partial charge is 0.455 e. The number of halogens is 2. The number of benzene rings is 2. The minimum Gasteiger partial charge on any atom is -0.455 e. The molecule has 0 spiro atoms. The Morgan fingerprint density at radius 1 is 0.967 bits per heavy atom. The Morgan fingerprint density at radius 3 is 2.57 bits per heavy atom. The van der Waals surface area contributed by atoms with Gasteiger partial charge in [0, 0.05) is 35.3 Å². The van der Waals surface area contributed by atoms with Crippen LogP contribution in [-0.2, 0) is 7.05 Å². The van der Waals surface area contributed by atoms with Crippen molar-refractivity contribution in [1.82, 2.24) is 4.98 Å². The van der Waals surface area contributed by atoms with Crippen LogP contribution in [0.1, 0.15) is 11.1 Å². The number of aryl methyl sites for hydroxylation is 3. The van der Waals surface area contributed by atoms with E-state index < -0.39 is 5.82 Å². The van der Waals surface area contributed by atoms with Crippen molar-refractivity contribution < 1.29 is 17.8 Å². The van der Waals surface area contributed by atoms with Crippen LogP contribution in [0.15, 0.2) is 65.3 Å². The number of rotatable bonds is 2. The van der Waals surface area contributed by atoms with E-state index in [1.54, 1.807) is 6.07 Å². The molecule has 0 aliphatic heterocycles. The van der Waals surface area contributed by atoms with Crippen LogP contribution in [0.3, 0.4) is 0 Å². The molecule has 0 amide bonds. The molecule has 0 aliphatic carbocycles. The normalized spacial score (nSPS) is 11.5. The van der Waals surface area contributed by atoms with Crippen molar-refractivity contribution in [2.45, 2.75) is 13.8 Å². The third kappa shape index (κ3) is 2.86. The zero-order valence-electron chi connectivity index (χ0n) is 16.8. The lowest BCUT2D eigenvalue weighted by Crippen LogP contribution is -2.30. The second-order valence-electron chi connectivity index (χ2n) is 7.63. The molecule has 0 saturated carbocycles. The van der Waals surface area contributed by atoms with Gasteiger partial charge in [-0.15, -0.1) is 0 Å². The number of hydrogen-bond donors (Lipinski definition) is 0. The summed E-state index contributed by atoms with van der Waals surface area (Å²) in [4.78, 5) is 4.52. The molecule has 0 unspecified atom stereocenters. The molecule has 0 radical (unpaired) electrons. The molecular formula is C25H19F2N2O+. The molecule has 3 aromatic heterocycles. The highest BCUT2D eigenvalue weighted by molar-refractivity contribution is 6.10. The molecule has 0 aliphatic rings. The first kappa shape index (κ1) is 18.4. The van der Waals surface area contributed by atoms with E-state index in [1.165, 1.54) is 18.2 Å². The number of pyridine rings is 2. The van der Waals surface area contributed by atoms with Crippen molar-refractivity contribution in [3.8, 4) is 22.5 Å². The summed E-state index contributed by atoms with van der Waals surface area (Å²) in [6, 6.07) is 13.7. The predicted molar refractivity (Wildman–Crippen MR) is 113 cm³/mol. The van der Waals surface area contributed by atoms with E-state index in [0.717, 1.165) is 33.6 Å². The van der Waals surface area contributed by atoms with Gasteiger partial charge >= 0.3 is 0 Å². The van der Waals surface area contributed by atoms with Crippen molar-refractivity contribution in [2.24, 2.45) is 7.05 Å². The molecule has 3 nitrogen and oxygen atoms in total. The highest BCUT2D eigenvalue weighted by atomic mass is 19.1.